The number of nitrogens with one attached hydrogen (secondary N) is 1. The Hall–Kier alpha value is -3.72. The maximum atomic E-state index is 13.3. The molecule has 0 fully saturated rings. The number of benzene rings is 2. The summed E-state index contributed by atoms with van der Waals surface area (Å²) in [4.78, 5) is 38.9. The molecular weight excluding hydrogens is 421 g/mol. The molecule has 4 rings (SSSR count). The molecule has 158 valence electrons. The maximum absolute atomic E-state index is 13.3. The molecule has 1 amide bonds. The van der Waals surface area contributed by atoms with E-state index in [-0.39, 0.29) is 18.9 Å². The minimum absolute atomic E-state index is 0.187. The number of carbonyl (C=O) groups excluding carboxylic acids is 1. The average molecular weight is 439 g/mol. The predicted octanol–water partition coefficient (Wildman–Crippen LogP) is 2.68. The quantitative estimate of drug-likeness (QED) is 0.501. The molecule has 0 aliphatic rings. The average Bonchev–Trinajstić information content (AvgIpc) is 3.27. The van der Waals surface area contributed by atoms with Crippen molar-refractivity contribution in [3.63, 3.8) is 0 Å². The van der Waals surface area contributed by atoms with Crippen molar-refractivity contribution < 1.29 is 13.9 Å². The van der Waals surface area contributed by atoms with Crippen molar-refractivity contribution >= 4 is 27.5 Å². The number of para-hydroxylation sites is 2. The third-order valence-corrected chi connectivity index (χ3v) is 5.68. The van der Waals surface area contributed by atoms with Gasteiger partial charge in [-0.15, -0.1) is 11.3 Å². The molecule has 2 heterocycles. The number of hydrogen-bond acceptors (Lipinski definition) is 5. The first kappa shape index (κ1) is 20.5. The van der Waals surface area contributed by atoms with E-state index in [1.54, 1.807) is 47.8 Å². The van der Waals surface area contributed by atoms with Gasteiger partial charge < -0.3 is 10.1 Å². The topological polar surface area (TPSA) is 82.3 Å². The zero-order valence-corrected chi connectivity index (χ0v) is 17.3. The van der Waals surface area contributed by atoms with E-state index in [0.29, 0.717) is 21.7 Å². The highest BCUT2D eigenvalue weighted by Crippen LogP contribution is 2.21. The molecule has 0 aliphatic heterocycles. The summed E-state index contributed by atoms with van der Waals surface area (Å²) in [7, 11) is 1.45. The number of thiophene rings is 1. The van der Waals surface area contributed by atoms with Crippen LogP contribution in [0.2, 0.25) is 0 Å². The molecule has 7 nitrogen and oxygen atoms in total. The molecule has 2 aromatic carbocycles. The summed E-state index contributed by atoms with van der Waals surface area (Å²) in [6, 6.07) is 14.1. The first-order chi connectivity index (χ1) is 15.0. The Balaban J connectivity index is 1.72. The van der Waals surface area contributed by atoms with Crippen LogP contribution in [0, 0.1) is 5.82 Å². The van der Waals surface area contributed by atoms with Gasteiger partial charge >= 0.3 is 5.69 Å². The van der Waals surface area contributed by atoms with Gasteiger partial charge in [-0.25, -0.2) is 13.8 Å². The first-order valence-corrected chi connectivity index (χ1v) is 10.2. The highest BCUT2D eigenvalue weighted by atomic mass is 32.1. The monoisotopic (exact) mass is 439 g/mol. The molecule has 0 unspecified atom stereocenters. The summed E-state index contributed by atoms with van der Waals surface area (Å²) in [5.74, 6) is -0.408. The SMILES string of the molecule is COc1ccccc1-n1c(=O)c2sccc2n(CC(=O)NCc2ccc(F)cc2)c1=O. The Morgan fingerprint density at radius 3 is 2.58 bits per heavy atom. The van der Waals surface area contributed by atoms with Gasteiger partial charge in [-0.1, -0.05) is 24.3 Å². The third kappa shape index (κ3) is 3.99. The number of ether oxygens (including phenoxy) is 1. The first-order valence-electron chi connectivity index (χ1n) is 9.37. The van der Waals surface area contributed by atoms with Gasteiger partial charge in [0.15, 0.2) is 0 Å². The molecule has 9 heteroatoms. The number of rotatable bonds is 6. The van der Waals surface area contributed by atoms with Crippen molar-refractivity contribution in [2.75, 3.05) is 7.11 Å². The number of halogens is 1. The molecule has 0 aliphatic carbocycles. The van der Waals surface area contributed by atoms with E-state index in [1.807, 2.05) is 0 Å². The molecule has 0 saturated carbocycles. The molecule has 0 saturated heterocycles. The van der Waals surface area contributed by atoms with Crippen LogP contribution in [-0.4, -0.2) is 22.2 Å². The van der Waals surface area contributed by atoms with Gasteiger partial charge in [-0.05, 0) is 41.3 Å². The second-order valence-corrected chi connectivity index (χ2v) is 7.64. The normalized spacial score (nSPS) is 10.9. The number of fused-ring (bicyclic) bond motifs is 1. The summed E-state index contributed by atoms with van der Waals surface area (Å²) in [5, 5.41) is 4.42. The Kier molecular flexibility index (Phi) is 5.68. The fourth-order valence-corrected chi connectivity index (χ4v) is 4.09. The summed E-state index contributed by atoms with van der Waals surface area (Å²) < 4.78 is 21.0. The zero-order chi connectivity index (χ0) is 22.0. The summed E-state index contributed by atoms with van der Waals surface area (Å²) in [6.45, 7) is -0.0878. The Morgan fingerprint density at radius 2 is 1.84 bits per heavy atom. The molecule has 31 heavy (non-hydrogen) atoms. The van der Waals surface area contributed by atoms with Crippen molar-refractivity contribution in [2.45, 2.75) is 13.1 Å². The van der Waals surface area contributed by atoms with Crippen LogP contribution in [0.3, 0.4) is 0 Å². The van der Waals surface area contributed by atoms with Crippen LogP contribution in [0.5, 0.6) is 5.75 Å². The zero-order valence-electron chi connectivity index (χ0n) is 16.5. The van der Waals surface area contributed by atoms with Gasteiger partial charge in [-0.3, -0.25) is 14.2 Å². The highest BCUT2D eigenvalue weighted by molar-refractivity contribution is 7.17. The van der Waals surface area contributed by atoms with E-state index in [4.69, 9.17) is 4.74 Å². The number of hydrogen-bond donors (Lipinski definition) is 1. The lowest BCUT2D eigenvalue weighted by Gasteiger charge is -2.14. The second kappa shape index (κ2) is 8.57. The number of amides is 1. The molecule has 0 bridgehead atoms. The van der Waals surface area contributed by atoms with Crippen molar-refractivity contribution in [1.29, 1.82) is 0 Å². The molecule has 2 aromatic heterocycles. The molecule has 0 atom stereocenters. The predicted molar refractivity (Wildman–Crippen MR) is 116 cm³/mol. The Labute approximate surface area is 180 Å². The fraction of sp³-hybridized carbons (Fsp3) is 0.136. The van der Waals surface area contributed by atoms with Gasteiger partial charge in [0.2, 0.25) is 5.91 Å². The molecule has 4 aromatic rings. The standard InChI is InChI=1S/C22H18FN3O4S/c1-30-18-5-3-2-4-16(18)26-21(28)20-17(10-11-31-20)25(22(26)29)13-19(27)24-12-14-6-8-15(23)9-7-14/h2-11H,12-13H2,1H3,(H,24,27). The second-order valence-electron chi connectivity index (χ2n) is 6.72. The number of nitrogens with zero attached hydrogens (tertiary/aromatic N) is 2. The lowest BCUT2D eigenvalue weighted by molar-refractivity contribution is -0.121. The van der Waals surface area contributed by atoms with E-state index >= 15 is 0 Å². The molecule has 0 spiro atoms. The van der Waals surface area contributed by atoms with Crippen LogP contribution < -0.4 is 21.3 Å². The van der Waals surface area contributed by atoms with Gasteiger partial charge in [-0.2, -0.15) is 0 Å². The summed E-state index contributed by atoms with van der Waals surface area (Å²) in [6.07, 6.45) is 0. The van der Waals surface area contributed by atoms with Gasteiger partial charge in [0.1, 0.15) is 22.8 Å². The van der Waals surface area contributed by atoms with Crippen LogP contribution in [0.25, 0.3) is 15.9 Å². The Bertz CT molecular complexity index is 1370. The Morgan fingerprint density at radius 1 is 1.10 bits per heavy atom. The highest BCUT2D eigenvalue weighted by Gasteiger charge is 2.19. The van der Waals surface area contributed by atoms with Crippen LogP contribution in [-0.2, 0) is 17.9 Å². The molecule has 1 N–H and O–H groups in total. The lowest BCUT2D eigenvalue weighted by Crippen LogP contribution is -2.41. The van der Waals surface area contributed by atoms with Crippen LogP contribution >= 0.6 is 11.3 Å². The van der Waals surface area contributed by atoms with Crippen LogP contribution in [0.1, 0.15) is 5.56 Å². The van der Waals surface area contributed by atoms with Crippen molar-refractivity contribution in [1.82, 2.24) is 14.5 Å². The largest absolute Gasteiger partial charge is 0.495 e. The van der Waals surface area contributed by atoms with Gasteiger partial charge in [0.05, 0.1) is 18.3 Å². The van der Waals surface area contributed by atoms with E-state index in [2.05, 4.69) is 5.32 Å². The summed E-state index contributed by atoms with van der Waals surface area (Å²) in [5.41, 5.74) is 0.306. The number of carbonyl (C=O) groups is 1. The molecule has 0 radical (unpaired) electrons. The van der Waals surface area contributed by atoms with Gasteiger partial charge in [0, 0.05) is 6.54 Å². The van der Waals surface area contributed by atoms with E-state index < -0.39 is 17.2 Å². The maximum Gasteiger partial charge on any atom is 0.336 e. The van der Waals surface area contributed by atoms with Crippen LogP contribution in [0.4, 0.5) is 4.39 Å². The minimum Gasteiger partial charge on any atom is -0.495 e. The van der Waals surface area contributed by atoms with Crippen molar-refractivity contribution in [3.05, 3.63) is 92.2 Å². The minimum atomic E-state index is -0.641. The van der Waals surface area contributed by atoms with Crippen LogP contribution in [0.15, 0.2) is 69.6 Å². The van der Waals surface area contributed by atoms with Gasteiger partial charge in [0.25, 0.3) is 5.56 Å². The van der Waals surface area contributed by atoms with E-state index in [1.165, 1.54) is 35.1 Å². The fourth-order valence-electron chi connectivity index (χ4n) is 3.27. The summed E-state index contributed by atoms with van der Waals surface area (Å²) >= 11 is 1.20. The molecular formula is C22H18FN3O4S. The van der Waals surface area contributed by atoms with E-state index in [0.717, 1.165) is 10.1 Å². The van der Waals surface area contributed by atoms with Crippen molar-refractivity contribution in [2.24, 2.45) is 0 Å². The number of methoxy groups -OCH3 is 1. The van der Waals surface area contributed by atoms with Crippen molar-refractivity contribution in [3.8, 4) is 11.4 Å². The third-order valence-electron chi connectivity index (χ3n) is 4.79. The smallest absolute Gasteiger partial charge is 0.336 e. The number of aromatic nitrogens is 2. The van der Waals surface area contributed by atoms with E-state index in [9.17, 15) is 18.8 Å². The lowest BCUT2D eigenvalue weighted by atomic mass is 10.2.